The minimum Gasteiger partial charge on any atom is -0.298 e. The van der Waals surface area contributed by atoms with Crippen LogP contribution in [0.4, 0.5) is 5.69 Å². The van der Waals surface area contributed by atoms with E-state index in [4.69, 9.17) is 23.8 Å². The predicted molar refractivity (Wildman–Crippen MR) is 121 cm³/mol. The largest absolute Gasteiger partial charge is 0.298 e. The molecule has 1 heterocycles. The first-order valence-corrected chi connectivity index (χ1v) is 10.0. The summed E-state index contributed by atoms with van der Waals surface area (Å²) in [7, 11) is 0. The van der Waals surface area contributed by atoms with Gasteiger partial charge in [0.15, 0.2) is 5.11 Å². The molecule has 146 valence electrons. The molecule has 0 spiro atoms. The first-order chi connectivity index (χ1) is 14.0. The highest BCUT2D eigenvalue weighted by Crippen LogP contribution is 2.23. The summed E-state index contributed by atoms with van der Waals surface area (Å²) in [5.74, 6) is 5.25. The zero-order chi connectivity index (χ0) is 20.8. The summed E-state index contributed by atoms with van der Waals surface area (Å²) in [6.07, 6.45) is 4.63. The third-order valence-electron chi connectivity index (χ3n) is 4.30. The van der Waals surface area contributed by atoms with E-state index < -0.39 is 11.8 Å². The fourth-order valence-electron chi connectivity index (χ4n) is 2.74. The monoisotopic (exact) mass is 422 g/mol. The van der Waals surface area contributed by atoms with Gasteiger partial charge in [-0.1, -0.05) is 48.9 Å². The first kappa shape index (κ1) is 20.8. The number of thiocarbonyl (C=S) groups is 1. The molecule has 3 rings (SSSR count). The number of carbonyl (C=O) groups excluding carboxylic acids is 2. The van der Waals surface area contributed by atoms with Crippen molar-refractivity contribution in [3.63, 3.8) is 0 Å². The highest BCUT2D eigenvalue weighted by atomic mass is 35.5. The number of hydrogen-bond acceptors (Lipinski definition) is 3. The van der Waals surface area contributed by atoms with Crippen LogP contribution in [0.3, 0.4) is 0 Å². The lowest BCUT2D eigenvalue weighted by atomic mass is 10.1. The quantitative estimate of drug-likeness (QED) is 0.255. The predicted octanol–water partition coefficient (Wildman–Crippen LogP) is 4.71. The van der Waals surface area contributed by atoms with Gasteiger partial charge in [0.2, 0.25) is 0 Å². The number of nitrogens with zero attached hydrogens (tertiary/aromatic N) is 1. The molecular weight excluding hydrogens is 404 g/mol. The van der Waals surface area contributed by atoms with Crippen molar-refractivity contribution in [2.45, 2.75) is 26.2 Å². The smallest absolute Gasteiger partial charge is 0.270 e. The van der Waals surface area contributed by atoms with E-state index in [0.717, 1.165) is 30.4 Å². The number of rotatable bonds is 4. The number of nitrogens with one attached hydrogen (secondary N) is 1. The second-order valence-corrected chi connectivity index (χ2v) is 7.28. The van der Waals surface area contributed by atoms with Gasteiger partial charge in [0, 0.05) is 17.0 Å². The maximum absolute atomic E-state index is 13.0. The maximum atomic E-state index is 13.0. The van der Waals surface area contributed by atoms with Crippen LogP contribution in [0.25, 0.3) is 6.08 Å². The number of carbonyl (C=O) groups is 2. The van der Waals surface area contributed by atoms with Crippen molar-refractivity contribution in [2.75, 3.05) is 4.90 Å². The molecule has 2 aromatic rings. The highest BCUT2D eigenvalue weighted by molar-refractivity contribution is 7.80. The average Bonchev–Trinajstić information content (AvgIpc) is 2.71. The number of unbranched alkanes of at least 4 members (excludes halogenated alkanes) is 2. The summed E-state index contributed by atoms with van der Waals surface area (Å²) in [4.78, 5) is 26.6. The summed E-state index contributed by atoms with van der Waals surface area (Å²) in [5, 5.41) is 3.15. The second-order valence-electron chi connectivity index (χ2n) is 6.46. The van der Waals surface area contributed by atoms with E-state index >= 15 is 0 Å². The van der Waals surface area contributed by atoms with Crippen LogP contribution in [0.15, 0.2) is 54.1 Å². The molecule has 1 N–H and O–H groups in total. The lowest BCUT2D eigenvalue weighted by Gasteiger charge is -2.28. The van der Waals surface area contributed by atoms with E-state index in [2.05, 4.69) is 24.1 Å². The average molecular weight is 423 g/mol. The molecule has 2 amide bonds. The van der Waals surface area contributed by atoms with Crippen molar-refractivity contribution >= 4 is 52.5 Å². The van der Waals surface area contributed by atoms with Crippen molar-refractivity contribution in [2.24, 2.45) is 0 Å². The molecule has 6 heteroatoms. The fraction of sp³-hybridized carbons (Fsp3) is 0.174. The Labute approximate surface area is 180 Å². The number of halogens is 1. The molecule has 2 aromatic carbocycles. The summed E-state index contributed by atoms with van der Waals surface area (Å²) in [6.45, 7) is 2.13. The Balaban J connectivity index is 1.84. The van der Waals surface area contributed by atoms with E-state index in [0.29, 0.717) is 10.7 Å². The number of anilines is 1. The van der Waals surface area contributed by atoms with Gasteiger partial charge >= 0.3 is 0 Å². The molecule has 1 aliphatic rings. The van der Waals surface area contributed by atoms with Gasteiger partial charge in [0.25, 0.3) is 11.8 Å². The summed E-state index contributed by atoms with van der Waals surface area (Å²) in [6, 6.07) is 14.1. The standard InChI is InChI=1S/C23H19ClN2O2S/c1-2-3-4-5-6-16-7-9-17(10-8-16)15-20-21(27)25-23(29)26(22(20)28)19-13-11-18(24)12-14-19/h7-15H,2-4H2,1H3,(H,25,27,29)/b20-15+. The van der Waals surface area contributed by atoms with Gasteiger partial charge in [0.05, 0.1) is 5.69 Å². The Morgan fingerprint density at radius 3 is 2.45 bits per heavy atom. The van der Waals surface area contributed by atoms with Gasteiger partial charge in [-0.25, -0.2) is 0 Å². The second kappa shape index (κ2) is 9.51. The fourth-order valence-corrected chi connectivity index (χ4v) is 3.15. The Morgan fingerprint density at radius 1 is 1.10 bits per heavy atom. The van der Waals surface area contributed by atoms with Gasteiger partial charge in [-0.2, -0.15) is 0 Å². The van der Waals surface area contributed by atoms with Crippen LogP contribution in [-0.4, -0.2) is 16.9 Å². The number of benzene rings is 2. The van der Waals surface area contributed by atoms with Crippen molar-refractivity contribution in [1.82, 2.24) is 5.32 Å². The molecule has 0 bridgehead atoms. The van der Waals surface area contributed by atoms with E-state index in [1.165, 1.54) is 4.90 Å². The van der Waals surface area contributed by atoms with E-state index in [1.54, 1.807) is 30.3 Å². The van der Waals surface area contributed by atoms with Gasteiger partial charge in [0.1, 0.15) is 5.57 Å². The lowest BCUT2D eigenvalue weighted by molar-refractivity contribution is -0.122. The van der Waals surface area contributed by atoms with Crippen LogP contribution in [0.2, 0.25) is 5.02 Å². The minimum atomic E-state index is -0.520. The van der Waals surface area contributed by atoms with Crippen LogP contribution in [0, 0.1) is 11.8 Å². The number of hydrogen-bond donors (Lipinski definition) is 1. The molecule has 0 atom stereocenters. The van der Waals surface area contributed by atoms with Crippen LogP contribution >= 0.6 is 23.8 Å². The van der Waals surface area contributed by atoms with Crippen molar-refractivity contribution in [1.29, 1.82) is 0 Å². The van der Waals surface area contributed by atoms with Gasteiger partial charge in [-0.3, -0.25) is 19.8 Å². The normalized spacial score (nSPS) is 15.2. The molecule has 0 aromatic heterocycles. The molecule has 1 fully saturated rings. The molecule has 0 aliphatic carbocycles. The van der Waals surface area contributed by atoms with Gasteiger partial charge in [-0.15, -0.1) is 0 Å². The first-order valence-electron chi connectivity index (χ1n) is 9.25. The topological polar surface area (TPSA) is 49.4 Å². The van der Waals surface area contributed by atoms with Crippen LogP contribution in [-0.2, 0) is 9.59 Å². The van der Waals surface area contributed by atoms with E-state index in [9.17, 15) is 9.59 Å². The molecule has 0 saturated carbocycles. The summed E-state index contributed by atoms with van der Waals surface area (Å²) < 4.78 is 0. The zero-order valence-electron chi connectivity index (χ0n) is 15.9. The van der Waals surface area contributed by atoms with Crippen LogP contribution in [0.5, 0.6) is 0 Å². The Hall–Kier alpha value is -2.94. The Kier molecular flexibility index (Phi) is 6.82. The molecule has 0 radical (unpaired) electrons. The van der Waals surface area contributed by atoms with E-state index in [1.807, 2.05) is 24.3 Å². The Morgan fingerprint density at radius 2 is 1.79 bits per heavy atom. The summed E-state index contributed by atoms with van der Waals surface area (Å²) >= 11 is 11.1. The summed E-state index contributed by atoms with van der Waals surface area (Å²) in [5.41, 5.74) is 2.17. The zero-order valence-corrected chi connectivity index (χ0v) is 17.4. The minimum absolute atomic E-state index is 0.00956. The molecular formula is C23H19ClN2O2S. The van der Waals surface area contributed by atoms with E-state index in [-0.39, 0.29) is 10.7 Å². The SMILES string of the molecule is CCCCC#Cc1ccc(/C=C2\C(=O)NC(=S)N(c3ccc(Cl)cc3)C2=O)cc1. The molecule has 0 unspecified atom stereocenters. The van der Waals surface area contributed by atoms with Crippen LogP contribution < -0.4 is 10.2 Å². The van der Waals surface area contributed by atoms with Crippen molar-refractivity contribution < 1.29 is 9.59 Å². The van der Waals surface area contributed by atoms with Crippen molar-refractivity contribution in [3.8, 4) is 11.8 Å². The molecule has 4 nitrogen and oxygen atoms in total. The third kappa shape index (κ3) is 5.11. The van der Waals surface area contributed by atoms with Gasteiger partial charge in [-0.05, 0) is 66.7 Å². The lowest BCUT2D eigenvalue weighted by Crippen LogP contribution is -2.54. The number of amides is 2. The molecule has 29 heavy (non-hydrogen) atoms. The Bertz CT molecular complexity index is 1030. The maximum Gasteiger partial charge on any atom is 0.270 e. The van der Waals surface area contributed by atoms with Crippen molar-refractivity contribution in [3.05, 3.63) is 70.3 Å². The van der Waals surface area contributed by atoms with Gasteiger partial charge < -0.3 is 0 Å². The van der Waals surface area contributed by atoms with Crippen LogP contribution in [0.1, 0.15) is 37.3 Å². The highest BCUT2D eigenvalue weighted by Gasteiger charge is 2.34. The molecule has 1 aliphatic heterocycles. The third-order valence-corrected chi connectivity index (χ3v) is 4.83. The molecule has 1 saturated heterocycles.